The number of aryl methyl sites for hydroxylation is 1. The fourth-order valence-electron chi connectivity index (χ4n) is 2.29. The molecule has 0 bridgehead atoms. The van der Waals surface area contributed by atoms with Crippen LogP contribution in [0, 0.1) is 6.92 Å². The Morgan fingerprint density at radius 2 is 2.19 bits per heavy atom. The Bertz CT molecular complexity index is 669. The van der Waals surface area contributed by atoms with Gasteiger partial charge >= 0.3 is 5.97 Å². The number of carbonyl (C=O) groups is 1. The zero-order valence-corrected chi connectivity index (χ0v) is 12.7. The van der Waals surface area contributed by atoms with Crippen molar-refractivity contribution in [2.24, 2.45) is 0 Å². The number of ether oxygens (including phenoxy) is 1. The lowest BCUT2D eigenvalue weighted by molar-refractivity contribution is 0.0489. The van der Waals surface area contributed by atoms with E-state index in [1.54, 1.807) is 13.0 Å². The van der Waals surface area contributed by atoms with Crippen molar-refractivity contribution in [1.29, 1.82) is 0 Å². The monoisotopic (exact) mass is 305 g/mol. The van der Waals surface area contributed by atoms with Crippen LogP contribution in [0.25, 0.3) is 11.5 Å². The lowest BCUT2D eigenvalue weighted by Crippen LogP contribution is -2.05. The van der Waals surface area contributed by atoms with Gasteiger partial charge in [0.15, 0.2) is 0 Å². The van der Waals surface area contributed by atoms with Gasteiger partial charge in [0.1, 0.15) is 0 Å². The molecule has 1 fully saturated rings. The fraction of sp³-hybridized carbons (Fsp3) is 0.375. The molecule has 0 spiro atoms. The van der Waals surface area contributed by atoms with Crippen LogP contribution >= 0.6 is 11.6 Å². The molecule has 1 aliphatic carbocycles. The number of carbonyl (C=O) groups excluding carboxylic acids is 1. The Hall–Kier alpha value is -1.81. The van der Waals surface area contributed by atoms with E-state index >= 15 is 0 Å². The van der Waals surface area contributed by atoms with Crippen molar-refractivity contribution in [3.05, 3.63) is 40.2 Å². The second-order valence-electron chi connectivity index (χ2n) is 5.25. The molecule has 2 aromatic rings. The Morgan fingerprint density at radius 1 is 1.43 bits per heavy atom. The number of aromatic nitrogens is 1. The molecule has 3 rings (SSSR count). The number of rotatable bonds is 4. The summed E-state index contributed by atoms with van der Waals surface area (Å²) in [5.74, 6) is 0.511. The third-order valence-electron chi connectivity index (χ3n) is 3.37. The average Bonchev–Trinajstić information content (AvgIpc) is 3.16. The summed E-state index contributed by atoms with van der Waals surface area (Å²) >= 11 is 6.07. The van der Waals surface area contributed by atoms with Gasteiger partial charge in [-0.05, 0) is 50.5 Å². The second kappa shape index (κ2) is 5.53. The van der Waals surface area contributed by atoms with Crippen molar-refractivity contribution in [3.63, 3.8) is 0 Å². The average molecular weight is 306 g/mol. The van der Waals surface area contributed by atoms with Gasteiger partial charge in [-0.3, -0.25) is 0 Å². The predicted octanol–water partition coefficient (Wildman–Crippen LogP) is 4.36. The molecule has 0 saturated heterocycles. The van der Waals surface area contributed by atoms with Crippen LogP contribution in [0.2, 0.25) is 5.02 Å². The highest BCUT2D eigenvalue weighted by atomic mass is 35.5. The van der Waals surface area contributed by atoms with Crippen molar-refractivity contribution in [1.82, 2.24) is 4.98 Å². The molecule has 0 N–H and O–H groups in total. The van der Waals surface area contributed by atoms with Gasteiger partial charge in [0.25, 0.3) is 0 Å². The van der Waals surface area contributed by atoms with E-state index in [2.05, 4.69) is 4.98 Å². The zero-order chi connectivity index (χ0) is 15.0. The van der Waals surface area contributed by atoms with Crippen LogP contribution in [0.15, 0.2) is 22.6 Å². The second-order valence-corrected chi connectivity index (χ2v) is 5.68. The summed E-state index contributed by atoms with van der Waals surface area (Å²) in [5.41, 5.74) is 2.50. The highest BCUT2D eigenvalue weighted by Gasteiger charge is 2.34. The number of hydrogen-bond donors (Lipinski definition) is 0. The lowest BCUT2D eigenvalue weighted by atomic mass is 10.1. The molecule has 110 valence electrons. The van der Waals surface area contributed by atoms with E-state index < -0.39 is 5.97 Å². The first-order chi connectivity index (χ1) is 10.1. The van der Waals surface area contributed by atoms with E-state index in [0.29, 0.717) is 29.1 Å². The third-order valence-corrected chi connectivity index (χ3v) is 3.59. The number of benzene rings is 1. The molecule has 0 aliphatic heterocycles. The molecular formula is C16H16ClNO3. The van der Waals surface area contributed by atoms with Gasteiger partial charge < -0.3 is 9.15 Å². The van der Waals surface area contributed by atoms with Gasteiger partial charge in [0, 0.05) is 16.5 Å². The van der Waals surface area contributed by atoms with Gasteiger partial charge in [0.05, 0.1) is 12.3 Å². The van der Waals surface area contributed by atoms with E-state index in [1.165, 1.54) is 0 Å². The minimum absolute atomic E-state index is 0.229. The number of oxazole rings is 1. The molecule has 21 heavy (non-hydrogen) atoms. The van der Waals surface area contributed by atoms with E-state index in [4.69, 9.17) is 20.8 Å². The van der Waals surface area contributed by atoms with Gasteiger partial charge in [-0.25, -0.2) is 9.78 Å². The fourth-order valence-corrected chi connectivity index (χ4v) is 2.58. The van der Waals surface area contributed by atoms with Crippen LogP contribution in [0.3, 0.4) is 0 Å². The normalized spacial score (nSPS) is 14.2. The first-order valence-electron chi connectivity index (χ1n) is 7.04. The highest BCUT2D eigenvalue weighted by molar-refractivity contribution is 6.30. The largest absolute Gasteiger partial charge is 0.460 e. The number of hydrogen-bond acceptors (Lipinski definition) is 4. The minimum Gasteiger partial charge on any atom is -0.460 e. The van der Waals surface area contributed by atoms with Crippen LogP contribution in [0.4, 0.5) is 0 Å². The number of nitrogens with zero attached hydrogens (tertiary/aromatic N) is 1. The van der Waals surface area contributed by atoms with Gasteiger partial charge in [-0.15, -0.1) is 0 Å². The first kappa shape index (κ1) is 14.1. The van der Waals surface area contributed by atoms with E-state index in [1.807, 2.05) is 19.1 Å². The van der Waals surface area contributed by atoms with Crippen LogP contribution in [-0.4, -0.2) is 17.6 Å². The maximum absolute atomic E-state index is 12.0. The predicted molar refractivity (Wildman–Crippen MR) is 79.6 cm³/mol. The summed E-state index contributed by atoms with van der Waals surface area (Å²) in [6.07, 6.45) is 2.07. The van der Waals surface area contributed by atoms with Gasteiger partial charge in [-0.1, -0.05) is 11.6 Å². The molecule has 0 unspecified atom stereocenters. The van der Waals surface area contributed by atoms with Crippen LogP contribution in [-0.2, 0) is 4.74 Å². The minimum atomic E-state index is -0.447. The van der Waals surface area contributed by atoms with Crippen LogP contribution in [0.1, 0.15) is 47.5 Å². The topological polar surface area (TPSA) is 52.3 Å². The number of esters is 1. The third kappa shape index (κ3) is 2.95. The summed E-state index contributed by atoms with van der Waals surface area (Å²) in [7, 11) is 0. The molecule has 0 amide bonds. The molecule has 1 aliphatic rings. The smallest absolute Gasteiger partial charge is 0.376 e. The SMILES string of the molecule is CCOC(=O)c1oc(-c2cc(C)cc(Cl)c2)nc1C1CC1. The summed E-state index contributed by atoms with van der Waals surface area (Å²) in [5, 5.41) is 0.619. The van der Waals surface area contributed by atoms with E-state index in [-0.39, 0.29) is 5.76 Å². The van der Waals surface area contributed by atoms with Crippen molar-refractivity contribution in [2.75, 3.05) is 6.61 Å². The maximum atomic E-state index is 12.0. The van der Waals surface area contributed by atoms with Crippen LogP contribution < -0.4 is 0 Å². The Morgan fingerprint density at radius 3 is 2.81 bits per heavy atom. The zero-order valence-electron chi connectivity index (χ0n) is 12.0. The van der Waals surface area contributed by atoms with Crippen molar-refractivity contribution >= 4 is 17.6 Å². The molecule has 4 nitrogen and oxygen atoms in total. The highest BCUT2D eigenvalue weighted by Crippen LogP contribution is 2.42. The molecule has 1 aromatic carbocycles. The Labute approximate surface area is 128 Å². The molecule has 0 atom stereocenters. The quantitative estimate of drug-likeness (QED) is 0.788. The Balaban J connectivity index is 2.03. The molecular weight excluding hydrogens is 290 g/mol. The molecule has 0 radical (unpaired) electrons. The summed E-state index contributed by atoms with van der Waals surface area (Å²) < 4.78 is 10.7. The maximum Gasteiger partial charge on any atom is 0.376 e. The van der Waals surface area contributed by atoms with Gasteiger partial charge in [-0.2, -0.15) is 0 Å². The molecule has 1 heterocycles. The van der Waals surface area contributed by atoms with Crippen LogP contribution in [0.5, 0.6) is 0 Å². The molecule has 1 aromatic heterocycles. The first-order valence-corrected chi connectivity index (χ1v) is 7.41. The van der Waals surface area contributed by atoms with Crippen molar-refractivity contribution in [2.45, 2.75) is 32.6 Å². The summed E-state index contributed by atoms with van der Waals surface area (Å²) in [4.78, 5) is 16.5. The molecule has 5 heteroatoms. The van der Waals surface area contributed by atoms with Gasteiger partial charge in [0.2, 0.25) is 11.7 Å². The summed E-state index contributed by atoms with van der Waals surface area (Å²) in [6, 6.07) is 5.58. The lowest BCUT2D eigenvalue weighted by Gasteiger charge is -2.00. The molecule has 1 saturated carbocycles. The number of halogens is 1. The standard InChI is InChI=1S/C16H16ClNO3/c1-3-20-16(19)14-13(10-4-5-10)18-15(21-14)11-6-9(2)7-12(17)8-11/h6-8,10H,3-5H2,1-2H3. The Kier molecular flexibility index (Phi) is 3.72. The van der Waals surface area contributed by atoms with E-state index in [9.17, 15) is 4.79 Å². The summed E-state index contributed by atoms with van der Waals surface area (Å²) in [6.45, 7) is 4.04. The van der Waals surface area contributed by atoms with E-state index in [0.717, 1.165) is 24.0 Å². The van der Waals surface area contributed by atoms with Crippen molar-refractivity contribution < 1.29 is 13.9 Å². The van der Waals surface area contributed by atoms with Crippen molar-refractivity contribution in [3.8, 4) is 11.5 Å².